The zero-order chi connectivity index (χ0) is 13.0. The van der Waals surface area contributed by atoms with E-state index in [1.165, 1.54) is 5.56 Å². The molecule has 4 N–H and O–H groups in total. The topological polar surface area (TPSA) is 64.5 Å². The largest absolute Gasteiger partial charge is 0.497 e. The highest BCUT2D eigenvalue weighted by Crippen LogP contribution is 2.14. The second kappa shape index (κ2) is 6.18. The van der Waals surface area contributed by atoms with Crippen molar-refractivity contribution in [2.24, 2.45) is 11.5 Å². The summed E-state index contributed by atoms with van der Waals surface area (Å²) in [5.74, 6) is 0.916. The maximum Gasteiger partial charge on any atom is 0.119 e. The minimum Gasteiger partial charge on any atom is -0.497 e. The van der Waals surface area contributed by atoms with E-state index < -0.39 is 0 Å². The zero-order valence-corrected chi connectivity index (χ0v) is 11.0. The number of ether oxygens (including phenoxy) is 1. The van der Waals surface area contributed by atoms with Crippen LogP contribution in [0.5, 0.6) is 5.75 Å². The van der Waals surface area contributed by atoms with E-state index in [1.54, 1.807) is 7.11 Å². The average Bonchev–Trinajstić information content (AvgIpc) is 2.35. The Balaban J connectivity index is 1.86. The van der Waals surface area contributed by atoms with E-state index in [1.807, 2.05) is 12.1 Å². The van der Waals surface area contributed by atoms with Gasteiger partial charge in [0.2, 0.25) is 0 Å². The summed E-state index contributed by atoms with van der Waals surface area (Å²) in [6.07, 6.45) is 1.95. The number of nitrogens with zero attached hydrogens (tertiary/aromatic N) is 1. The minimum absolute atomic E-state index is 0.221. The number of rotatable bonds is 4. The van der Waals surface area contributed by atoms with Crippen LogP contribution < -0.4 is 16.2 Å². The van der Waals surface area contributed by atoms with Gasteiger partial charge in [-0.2, -0.15) is 0 Å². The van der Waals surface area contributed by atoms with Gasteiger partial charge in [-0.15, -0.1) is 0 Å². The Labute approximate surface area is 109 Å². The summed E-state index contributed by atoms with van der Waals surface area (Å²) in [7, 11) is 1.70. The maximum absolute atomic E-state index is 5.99. The molecule has 0 aliphatic carbocycles. The molecule has 100 valence electrons. The number of hydrogen-bond acceptors (Lipinski definition) is 4. The molecule has 0 saturated carbocycles. The number of hydrogen-bond donors (Lipinski definition) is 2. The van der Waals surface area contributed by atoms with Gasteiger partial charge in [0.05, 0.1) is 7.11 Å². The molecule has 0 aromatic heterocycles. The van der Waals surface area contributed by atoms with Crippen LogP contribution in [0, 0.1) is 0 Å². The number of nitrogens with two attached hydrogens (primary N) is 2. The first-order valence-electron chi connectivity index (χ1n) is 6.54. The molecule has 1 heterocycles. The summed E-state index contributed by atoms with van der Waals surface area (Å²) >= 11 is 0. The first-order chi connectivity index (χ1) is 8.67. The van der Waals surface area contributed by atoms with Gasteiger partial charge in [0.25, 0.3) is 0 Å². The molecule has 0 bridgehead atoms. The highest BCUT2D eigenvalue weighted by molar-refractivity contribution is 5.28. The Hall–Kier alpha value is -1.10. The SMILES string of the molecule is COc1cccc(CCN2C[C@H](N)C[C@H](N)C2)c1. The van der Waals surface area contributed by atoms with E-state index in [4.69, 9.17) is 16.2 Å². The Morgan fingerprint density at radius 1 is 1.28 bits per heavy atom. The lowest BCUT2D eigenvalue weighted by molar-refractivity contribution is 0.192. The van der Waals surface area contributed by atoms with Crippen molar-refractivity contribution in [3.8, 4) is 5.75 Å². The molecule has 1 aliphatic heterocycles. The summed E-state index contributed by atoms with van der Waals surface area (Å²) in [5.41, 5.74) is 13.3. The van der Waals surface area contributed by atoms with E-state index in [2.05, 4.69) is 17.0 Å². The Morgan fingerprint density at radius 2 is 2.00 bits per heavy atom. The lowest BCUT2D eigenvalue weighted by Gasteiger charge is -2.34. The molecule has 0 unspecified atom stereocenters. The molecule has 18 heavy (non-hydrogen) atoms. The monoisotopic (exact) mass is 249 g/mol. The highest BCUT2D eigenvalue weighted by atomic mass is 16.5. The van der Waals surface area contributed by atoms with Crippen molar-refractivity contribution in [3.05, 3.63) is 29.8 Å². The van der Waals surface area contributed by atoms with Gasteiger partial charge in [-0.3, -0.25) is 4.90 Å². The van der Waals surface area contributed by atoms with Gasteiger partial charge < -0.3 is 16.2 Å². The van der Waals surface area contributed by atoms with Gasteiger partial charge in [-0.1, -0.05) is 12.1 Å². The molecule has 0 spiro atoms. The van der Waals surface area contributed by atoms with Crippen molar-refractivity contribution in [1.82, 2.24) is 4.90 Å². The Kier molecular flexibility index (Phi) is 4.58. The van der Waals surface area contributed by atoms with Crippen molar-refractivity contribution >= 4 is 0 Å². The molecule has 0 radical (unpaired) electrons. The van der Waals surface area contributed by atoms with Crippen molar-refractivity contribution < 1.29 is 4.74 Å². The molecule has 1 aromatic rings. The number of benzene rings is 1. The molecule has 1 aliphatic rings. The first-order valence-corrected chi connectivity index (χ1v) is 6.54. The standard InChI is InChI=1S/C14H23N3O/c1-18-14-4-2-3-11(7-14)5-6-17-9-12(15)8-13(16)10-17/h2-4,7,12-13H,5-6,8-10,15-16H2,1H3/t12-,13+. The fourth-order valence-electron chi connectivity index (χ4n) is 2.57. The molecule has 1 fully saturated rings. The van der Waals surface area contributed by atoms with Crippen LogP contribution in [0.1, 0.15) is 12.0 Å². The summed E-state index contributed by atoms with van der Waals surface area (Å²) in [5, 5.41) is 0. The number of piperidine rings is 1. The second-order valence-corrected chi connectivity index (χ2v) is 5.12. The van der Waals surface area contributed by atoms with Crippen LogP contribution in [0.3, 0.4) is 0 Å². The average molecular weight is 249 g/mol. The molecular weight excluding hydrogens is 226 g/mol. The quantitative estimate of drug-likeness (QED) is 0.820. The molecule has 2 atom stereocenters. The normalized spacial score (nSPS) is 25.1. The third-order valence-electron chi connectivity index (χ3n) is 3.44. The Bertz CT molecular complexity index is 373. The summed E-state index contributed by atoms with van der Waals surface area (Å²) in [6.45, 7) is 2.92. The van der Waals surface area contributed by atoms with Crippen LogP contribution in [0.4, 0.5) is 0 Å². The molecule has 0 amide bonds. The first kappa shape index (κ1) is 13.3. The fraction of sp³-hybridized carbons (Fsp3) is 0.571. The third-order valence-corrected chi connectivity index (χ3v) is 3.44. The molecule has 2 rings (SSSR count). The van der Waals surface area contributed by atoms with Crippen molar-refractivity contribution in [1.29, 1.82) is 0 Å². The van der Waals surface area contributed by atoms with Gasteiger partial charge in [0.15, 0.2) is 0 Å². The zero-order valence-electron chi connectivity index (χ0n) is 11.0. The van der Waals surface area contributed by atoms with E-state index in [0.717, 1.165) is 38.2 Å². The van der Waals surface area contributed by atoms with Gasteiger partial charge in [-0.05, 0) is 30.5 Å². The summed E-state index contributed by atoms with van der Waals surface area (Å²) in [6, 6.07) is 8.66. The van der Waals surface area contributed by atoms with Gasteiger partial charge in [0, 0.05) is 31.7 Å². The van der Waals surface area contributed by atoms with Gasteiger partial charge in [0.1, 0.15) is 5.75 Å². The Morgan fingerprint density at radius 3 is 2.67 bits per heavy atom. The minimum atomic E-state index is 0.221. The summed E-state index contributed by atoms with van der Waals surface area (Å²) < 4.78 is 5.23. The predicted octanol–water partition coefficient (Wildman–Crippen LogP) is 0.598. The molecule has 1 saturated heterocycles. The number of likely N-dealkylation sites (tertiary alicyclic amines) is 1. The molecule has 1 aromatic carbocycles. The van der Waals surface area contributed by atoms with Crippen LogP contribution in [-0.4, -0.2) is 43.7 Å². The van der Waals surface area contributed by atoms with Gasteiger partial charge >= 0.3 is 0 Å². The van der Waals surface area contributed by atoms with E-state index >= 15 is 0 Å². The smallest absolute Gasteiger partial charge is 0.119 e. The lowest BCUT2D eigenvalue weighted by atomic mass is 10.0. The van der Waals surface area contributed by atoms with Crippen LogP contribution in [0.25, 0.3) is 0 Å². The predicted molar refractivity (Wildman–Crippen MR) is 73.7 cm³/mol. The maximum atomic E-state index is 5.99. The van der Waals surface area contributed by atoms with E-state index in [0.29, 0.717) is 0 Å². The molecule has 4 heteroatoms. The highest BCUT2D eigenvalue weighted by Gasteiger charge is 2.21. The molecular formula is C14H23N3O. The third kappa shape index (κ3) is 3.70. The molecule has 4 nitrogen and oxygen atoms in total. The van der Waals surface area contributed by atoms with E-state index in [-0.39, 0.29) is 12.1 Å². The summed E-state index contributed by atoms with van der Waals surface area (Å²) in [4.78, 5) is 2.36. The van der Waals surface area contributed by atoms with Crippen molar-refractivity contribution in [2.75, 3.05) is 26.7 Å². The second-order valence-electron chi connectivity index (χ2n) is 5.12. The van der Waals surface area contributed by atoms with Crippen LogP contribution in [0.2, 0.25) is 0 Å². The van der Waals surface area contributed by atoms with Crippen molar-refractivity contribution in [2.45, 2.75) is 24.9 Å². The fourth-order valence-corrected chi connectivity index (χ4v) is 2.57. The van der Waals surface area contributed by atoms with E-state index in [9.17, 15) is 0 Å². The van der Waals surface area contributed by atoms with Crippen LogP contribution in [0.15, 0.2) is 24.3 Å². The van der Waals surface area contributed by atoms with Crippen LogP contribution in [-0.2, 0) is 6.42 Å². The van der Waals surface area contributed by atoms with Gasteiger partial charge in [-0.25, -0.2) is 0 Å². The number of methoxy groups -OCH3 is 1. The van der Waals surface area contributed by atoms with Crippen LogP contribution >= 0.6 is 0 Å². The lowest BCUT2D eigenvalue weighted by Crippen LogP contribution is -2.52. The van der Waals surface area contributed by atoms with Crippen molar-refractivity contribution in [3.63, 3.8) is 0 Å².